The van der Waals surface area contributed by atoms with Gasteiger partial charge in [0.05, 0.1) is 48.4 Å². The topological polar surface area (TPSA) is 139 Å². The van der Waals surface area contributed by atoms with Crippen LogP contribution in [0.5, 0.6) is 11.5 Å². The summed E-state index contributed by atoms with van der Waals surface area (Å²) in [6, 6.07) is 6.41. The molecule has 2 aromatic rings. The third-order valence-electron chi connectivity index (χ3n) is 6.38. The largest absolute Gasteiger partial charge is 0.493 e. The Labute approximate surface area is 228 Å². The van der Waals surface area contributed by atoms with E-state index in [2.05, 4.69) is 11.9 Å². The van der Waals surface area contributed by atoms with Crippen molar-refractivity contribution in [1.82, 2.24) is 4.90 Å². The number of aliphatic hydroxyl groups is 1. The molecule has 1 heterocycles. The first-order valence-corrected chi connectivity index (χ1v) is 14.7. The number of carbonyl (C=O) groups is 3. The van der Waals surface area contributed by atoms with Crippen molar-refractivity contribution in [2.45, 2.75) is 45.3 Å². The number of ether oxygens (including phenoxy) is 2. The normalized spacial score (nSPS) is 14.5. The Kier molecular flexibility index (Phi) is 9.52. The molecule has 0 unspecified atom stereocenters. The molecule has 0 bridgehead atoms. The molecule has 0 fully saturated rings. The number of methoxy groups -OCH3 is 1. The predicted octanol–water partition coefficient (Wildman–Crippen LogP) is 3.82. The van der Waals surface area contributed by atoms with Gasteiger partial charge in [-0.25, -0.2) is 8.42 Å². The molecule has 0 saturated heterocycles. The minimum absolute atomic E-state index is 0.0602. The van der Waals surface area contributed by atoms with E-state index in [1.807, 2.05) is 6.92 Å². The smallest absolute Gasteiger partial charge is 0.264 e. The number of fused-ring (bicyclic) bond motifs is 1. The van der Waals surface area contributed by atoms with E-state index < -0.39 is 45.5 Å². The van der Waals surface area contributed by atoms with Crippen LogP contribution in [0.3, 0.4) is 0 Å². The number of amides is 3. The van der Waals surface area contributed by atoms with Crippen LogP contribution in [0.15, 0.2) is 43.0 Å². The number of benzene rings is 2. The average Bonchev–Trinajstić information content (AvgIpc) is 3.16. The fraction of sp³-hybridized carbons (Fsp3) is 0.393. The number of nitrogens with one attached hydrogen (secondary N) is 1. The van der Waals surface area contributed by atoms with Crippen molar-refractivity contribution < 1.29 is 37.4 Å². The van der Waals surface area contributed by atoms with Gasteiger partial charge in [-0.05, 0) is 48.7 Å². The summed E-state index contributed by atoms with van der Waals surface area (Å²) in [4.78, 5) is 40.9. The lowest BCUT2D eigenvalue weighted by Crippen LogP contribution is -2.38. The molecule has 39 heavy (non-hydrogen) atoms. The number of nitrogens with zero attached hydrogens (tertiary/aromatic N) is 1. The van der Waals surface area contributed by atoms with Gasteiger partial charge in [-0.2, -0.15) is 0 Å². The van der Waals surface area contributed by atoms with Gasteiger partial charge in [-0.1, -0.05) is 38.5 Å². The Morgan fingerprint density at radius 2 is 1.82 bits per heavy atom. The lowest BCUT2D eigenvalue weighted by molar-refractivity contribution is -0.111. The van der Waals surface area contributed by atoms with Gasteiger partial charge in [-0.15, -0.1) is 0 Å². The van der Waals surface area contributed by atoms with Crippen molar-refractivity contribution in [2.75, 3.05) is 31.0 Å². The van der Waals surface area contributed by atoms with Crippen LogP contribution in [0.2, 0.25) is 0 Å². The standard InChI is InChI=1S/C28H34N2O8S/c1-6-9-10-21(31)18-12-13-19(29-24(32)7-2)26-25(18)27(33)30(28(26)34)20(16-39(5,35)36)17-11-14-22(37-4)23(15-17)38-8-3/h7,11-15,20-21,31H,2,6,8-10,16H2,1,3-5H3,(H,29,32)/t20-,21-/m1/s1. The summed E-state index contributed by atoms with van der Waals surface area (Å²) in [5, 5.41) is 13.5. The van der Waals surface area contributed by atoms with Crippen LogP contribution in [0.1, 0.15) is 77.1 Å². The molecule has 10 nitrogen and oxygen atoms in total. The second kappa shape index (κ2) is 12.4. The fourth-order valence-corrected chi connectivity index (χ4v) is 5.50. The summed E-state index contributed by atoms with van der Waals surface area (Å²) >= 11 is 0. The highest BCUT2D eigenvalue weighted by Gasteiger charge is 2.45. The first-order chi connectivity index (χ1) is 18.5. The van der Waals surface area contributed by atoms with E-state index in [0.717, 1.165) is 23.7 Å². The summed E-state index contributed by atoms with van der Waals surface area (Å²) in [6.45, 7) is 7.46. The molecule has 11 heteroatoms. The summed E-state index contributed by atoms with van der Waals surface area (Å²) in [7, 11) is -2.25. The molecule has 1 aliphatic heterocycles. The zero-order chi connectivity index (χ0) is 28.9. The van der Waals surface area contributed by atoms with Crippen molar-refractivity contribution in [3.05, 3.63) is 65.2 Å². The van der Waals surface area contributed by atoms with Crippen LogP contribution in [-0.4, -0.2) is 61.9 Å². The zero-order valence-corrected chi connectivity index (χ0v) is 23.3. The minimum atomic E-state index is -3.71. The van der Waals surface area contributed by atoms with E-state index >= 15 is 0 Å². The minimum Gasteiger partial charge on any atom is -0.493 e. The number of aliphatic hydroxyl groups excluding tert-OH is 1. The van der Waals surface area contributed by atoms with Crippen LogP contribution in [0, 0.1) is 0 Å². The van der Waals surface area contributed by atoms with Gasteiger partial charge >= 0.3 is 0 Å². The third-order valence-corrected chi connectivity index (χ3v) is 7.30. The monoisotopic (exact) mass is 558 g/mol. The van der Waals surface area contributed by atoms with E-state index in [-0.39, 0.29) is 22.4 Å². The van der Waals surface area contributed by atoms with Crippen molar-refractivity contribution in [1.29, 1.82) is 0 Å². The highest BCUT2D eigenvalue weighted by atomic mass is 32.2. The van der Waals surface area contributed by atoms with Gasteiger partial charge in [-0.3, -0.25) is 19.3 Å². The van der Waals surface area contributed by atoms with E-state index in [1.54, 1.807) is 25.1 Å². The van der Waals surface area contributed by atoms with Gasteiger partial charge in [0.15, 0.2) is 11.5 Å². The molecule has 2 aromatic carbocycles. The highest BCUT2D eigenvalue weighted by molar-refractivity contribution is 7.90. The number of sulfone groups is 1. The van der Waals surface area contributed by atoms with Crippen LogP contribution in [0.4, 0.5) is 5.69 Å². The van der Waals surface area contributed by atoms with E-state index in [4.69, 9.17) is 9.47 Å². The quantitative estimate of drug-likeness (QED) is 0.279. The molecule has 0 saturated carbocycles. The number of hydrogen-bond donors (Lipinski definition) is 2. The summed E-state index contributed by atoms with van der Waals surface area (Å²) in [6.07, 6.45) is 2.83. The molecular weight excluding hydrogens is 524 g/mol. The summed E-state index contributed by atoms with van der Waals surface area (Å²) in [5.74, 6) is -1.99. The molecule has 0 aromatic heterocycles. The maximum Gasteiger partial charge on any atom is 0.264 e. The second-order valence-electron chi connectivity index (χ2n) is 9.24. The van der Waals surface area contributed by atoms with Gasteiger partial charge in [0, 0.05) is 6.26 Å². The molecule has 0 aliphatic carbocycles. The van der Waals surface area contributed by atoms with Gasteiger partial charge in [0.1, 0.15) is 9.84 Å². The number of unbranched alkanes of at least 4 members (excludes halogenated alkanes) is 1. The Bertz CT molecular complexity index is 1390. The fourth-order valence-electron chi connectivity index (χ4n) is 4.58. The zero-order valence-electron chi connectivity index (χ0n) is 22.5. The lowest BCUT2D eigenvalue weighted by Gasteiger charge is -2.27. The summed E-state index contributed by atoms with van der Waals surface area (Å²) in [5.41, 5.74) is 0.454. The Morgan fingerprint density at radius 3 is 2.41 bits per heavy atom. The molecular formula is C28H34N2O8S. The van der Waals surface area contributed by atoms with Crippen LogP contribution >= 0.6 is 0 Å². The second-order valence-corrected chi connectivity index (χ2v) is 11.4. The molecule has 0 spiro atoms. The number of rotatable bonds is 13. The average molecular weight is 559 g/mol. The molecule has 3 rings (SSSR count). The Morgan fingerprint density at radius 1 is 1.13 bits per heavy atom. The number of carbonyl (C=O) groups excluding carboxylic acids is 3. The Balaban J connectivity index is 2.22. The van der Waals surface area contributed by atoms with Gasteiger partial charge in [0.25, 0.3) is 11.8 Å². The van der Waals surface area contributed by atoms with Crippen molar-refractivity contribution in [3.8, 4) is 11.5 Å². The van der Waals surface area contributed by atoms with Crippen molar-refractivity contribution >= 4 is 33.2 Å². The first-order valence-electron chi connectivity index (χ1n) is 12.6. The van der Waals surface area contributed by atoms with Crippen LogP contribution in [0.25, 0.3) is 0 Å². The molecule has 210 valence electrons. The molecule has 1 aliphatic rings. The van der Waals surface area contributed by atoms with E-state index in [9.17, 15) is 27.9 Å². The highest BCUT2D eigenvalue weighted by Crippen LogP contribution is 2.41. The van der Waals surface area contributed by atoms with E-state index in [1.165, 1.54) is 19.2 Å². The van der Waals surface area contributed by atoms with Crippen molar-refractivity contribution in [3.63, 3.8) is 0 Å². The van der Waals surface area contributed by atoms with Gasteiger partial charge < -0.3 is 19.9 Å². The lowest BCUT2D eigenvalue weighted by atomic mass is 9.94. The van der Waals surface area contributed by atoms with Gasteiger partial charge in [0.2, 0.25) is 5.91 Å². The predicted molar refractivity (Wildman–Crippen MR) is 147 cm³/mol. The molecule has 2 atom stereocenters. The SMILES string of the molecule is C=CC(=O)Nc1ccc([C@H](O)CCCC)c2c1C(=O)N([C@H](CS(C)(=O)=O)c1ccc(OC)c(OCC)c1)C2=O. The Hall–Kier alpha value is -3.70. The van der Waals surface area contributed by atoms with Crippen LogP contribution < -0.4 is 14.8 Å². The number of hydrogen-bond acceptors (Lipinski definition) is 8. The number of anilines is 1. The maximum absolute atomic E-state index is 14.0. The first kappa shape index (κ1) is 29.9. The third kappa shape index (κ3) is 6.48. The van der Waals surface area contributed by atoms with Crippen molar-refractivity contribution in [2.24, 2.45) is 0 Å². The summed E-state index contributed by atoms with van der Waals surface area (Å²) < 4.78 is 36.0. The maximum atomic E-state index is 14.0. The molecule has 0 radical (unpaired) electrons. The van der Waals surface area contributed by atoms with E-state index in [0.29, 0.717) is 36.5 Å². The van der Waals surface area contributed by atoms with Crippen LogP contribution in [-0.2, 0) is 14.6 Å². The number of imide groups is 1. The molecule has 2 N–H and O–H groups in total. The molecule has 3 amide bonds.